The van der Waals surface area contributed by atoms with Crippen LogP contribution in [0.2, 0.25) is 0 Å². The van der Waals surface area contributed by atoms with Crippen LogP contribution in [0.3, 0.4) is 0 Å². The predicted molar refractivity (Wildman–Crippen MR) is 80.2 cm³/mol. The van der Waals surface area contributed by atoms with Gasteiger partial charge in [-0.15, -0.1) is 11.3 Å². The third kappa shape index (κ3) is 3.55. The molecule has 1 unspecified atom stereocenters. The summed E-state index contributed by atoms with van der Waals surface area (Å²) in [6, 6.07) is 8.83. The highest BCUT2D eigenvalue weighted by atomic mass is 79.9. The fraction of sp³-hybridized carbons (Fsp3) is 0.286. The summed E-state index contributed by atoms with van der Waals surface area (Å²) in [5.74, 6) is 0.332. The van der Waals surface area contributed by atoms with Crippen molar-refractivity contribution in [3.8, 4) is 5.75 Å². The van der Waals surface area contributed by atoms with E-state index in [1.54, 1.807) is 30.6 Å². The highest BCUT2D eigenvalue weighted by Crippen LogP contribution is 2.28. The number of benzene rings is 1. The molecule has 0 saturated carbocycles. The summed E-state index contributed by atoms with van der Waals surface area (Å²) < 4.78 is 20.2. The van der Waals surface area contributed by atoms with Crippen molar-refractivity contribution in [2.45, 2.75) is 19.5 Å². The van der Waals surface area contributed by atoms with Gasteiger partial charge in [0.1, 0.15) is 11.6 Å². The largest absolute Gasteiger partial charge is 0.496 e. The molecule has 5 heteroatoms. The average molecular weight is 344 g/mol. The molecule has 1 N–H and O–H groups in total. The Kier molecular flexibility index (Phi) is 4.96. The van der Waals surface area contributed by atoms with Crippen LogP contribution in [0.15, 0.2) is 34.1 Å². The lowest BCUT2D eigenvalue weighted by atomic mass is 10.1. The summed E-state index contributed by atoms with van der Waals surface area (Å²) in [4.78, 5) is 1.20. The molecule has 102 valence electrons. The SMILES string of the molecule is COc1cccc(F)c1C(C)NCc1ccc(Br)s1. The molecule has 2 nitrogen and oxygen atoms in total. The van der Waals surface area contributed by atoms with E-state index in [1.165, 1.54) is 10.9 Å². The van der Waals surface area contributed by atoms with E-state index in [0.717, 1.165) is 3.79 Å². The molecule has 0 aliphatic carbocycles. The average Bonchev–Trinajstić information content (AvgIpc) is 2.81. The lowest BCUT2D eigenvalue weighted by Gasteiger charge is -2.17. The van der Waals surface area contributed by atoms with E-state index in [2.05, 4.69) is 21.2 Å². The molecule has 0 fully saturated rings. The molecule has 0 aliphatic rings. The second-order valence-corrected chi connectivity index (χ2v) is 6.71. The van der Waals surface area contributed by atoms with Crippen LogP contribution in [0.1, 0.15) is 23.4 Å². The van der Waals surface area contributed by atoms with Crippen LogP contribution in [-0.4, -0.2) is 7.11 Å². The fourth-order valence-electron chi connectivity index (χ4n) is 1.92. The molecule has 2 rings (SSSR count). The number of nitrogens with one attached hydrogen (secondary N) is 1. The van der Waals surface area contributed by atoms with E-state index in [4.69, 9.17) is 4.74 Å². The Labute approximate surface area is 124 Å². The van der Waals surface area contributed by atoms with Crippen LogP contribution < -0.4 is 10.1 Å². The Morgan fingerprint density at radius 1 is 1.37 bits per heavy atom. The van der Waals surface area contributed by atoms with E-state index in [0.29, 0.717) is 17.9 Å². The molecule has 0 bridgehead atoms. The van der Waals surface area contributed by atoms with E-state index in [1.807, 2.05) is 19.1 Å². The summed E-state index contributed by atoms with van der Waals surface area (Å²) in [6.07, 6.45) is 0. The Morgan fingerprint density at radius 3 is 2.79 bits per heavy atom. The number of ether oxygens (including phenoxy) is 1. The molecule has 0 aliphatic heterocycles. The molecular weight excluding hydrogens is 329 g/mol. The first kappa shape index (κ1) is 14.5. The van der Waals surface area contributed by atoms with Gasteiger partial charge in [0.2, 0.25) is 0 Å². The second kappa shape index (κ2) is 6.50. The Morgan fingerprint density at radius 2 is 2.16 bits per heavy atom. The van der Waals surface area contributed by atoms with Gasteiger partial charge in [-0.3, -0.25) is 0 Å². The Hall–Kier alpha value is -0.910. The molecule has 1 aromatic carbocycles. The maximum Gasteiger partial charge on any atom is 0.131 e. The van der Waals surface area contributed by atoms with Gasteiger partial charge >= 0.3 is 0 Å². The highest BCUT2D eigenvalue weighted by molar-refractivity contribution is 9.11. The van der Waals surface area contributed by atoms with Crippen molar-refractivity contribution >= 4 is 27.3 Å². The van der Waals surface area contributed by atoms with Gasteiger partial charge in [-0.25, -0.2) is 4.39 Å². The molecule has 1 aromatic heterocycles. The van der Waals surface area contributed by atoms with E-state index in [9.17, 15) is 4.39 Å². The molecular formula is C14H15BrFNOS. The number of methoxy groups -OCH3 is 1. The van der Waals surface area contributed by atoms with Crippen molar-refractivity contribution in [2.75, 3.05) is 7.11 Å². The van der Waals surface area contributed by atoms with Gasteiger partial charge in [-0.05, 0) is 47.1 Å². The van der Waals surface area contributed by atoms with Crippen LogP contribution in [0.25, 0.3) is 0 Å². The number of rotatable bonds is 5. The van der Waals surface area contributed by atoms with Crippen molar-refractivity contribution in [2.24, 2.45) is 0 Å². The molecule has 1 atom stereocenters. The first-order valence-electron chi connectivity index (χ1n) is 5.92. The lowest BCUT2D eigenvalue weighted by Crippen LogP contribution is -2.19. The van der Waals surface area contributed by atoms with Gasteiger partial charge in [-0.1, -0.05) is 6.07 Å². The van der Waals surface area contributed by atoms with Gasteiger partial charge in [0.25, 0.3) is 0 Å². The molecule has 0 radical (unpaired) electrons. The quantitative estimate of drug-likeness (QED) is 0.862. The van der Waals surface area contributed by atoms with Gasteiger partial charge in [0.15, 0.2) is 0 Å². The number of thiophene rings is 1. The standard InChI is InChI=1S/C14H15BrFNOS/c1-9(17-8-10-6-7-13(15)19-10)14-11(16)4-3-5-12(14)18-2/h3-7,9,17H,8H2,1-2H3. The van der Waals surface area contributed by atoms with Gasteiger partial charge in [0.05, 0.1) is 10.9 Å². The van der Waals surface area contributed by atoms with Gasteiger partial charge in [0, 0.05) is 23.0 Å². The van der Waals surface area contributed by atoms with Crippen LogP contribution in [0.5, 0.6) is 5.75 Å². The first-order chi connectivity index (χ1) is 9.11. The normalized spacial score (nSPS) is 12.4. The summed E-state index contributed by atoms with van der Waals surface area (Å²) in [7, 11) is 1.56. The third-order valence-corrected chi connectivity index (χ3v) is 4.50. The van der Waals surface area contributed by atoms with Crippen molar-refractivity contribution in [1.29, 1.82) is 0 Å². The Bertz CT molecular complexity index is 558. The van der Waals surface area contributed by atoms with Gasteiger partial charge < -0.3 is 10.1 Å². The molecule has 0 amide bonds. The first-order valence-corrected chi connectivity index (χ1v) is 7.52. The minimum absolute atomic E-state index is 0.114. The monoisotopic (exact) mass is 343 g/mol. The topological polar surface area (TPSA) is 21.3 Å². The van der Waals surface area contributed by atoms with Crippen molar-refractivity contribution < 1.29 is 9.13 Å². The molecule has 0 spiro atoms. The van der Waals surface area contributed by atoms with Crippen molar-refractivity contribution in [3.05, 3.63) is 50.4 Å². The molecule has 2 aromatic rings. The smallest absolute Gasteiger partial charge is 0.131 e. The summed E-state index contributed by atoms with van der Waals surface area (Å²) >= 11 is 5.10. The second-order valence-electron chi connectivity index (χ2n) is 4.16. The van der Waals surface area contributed by atoms with Crippen LogP contribution in [0.4, 0.5) is 4.39 Å². The zero-order chi connectivity index (χ0) is 13.8. The van der Waals surface area contributed by atoms with Crippen molar-refractivity contribution in [1.82, 2.24) is 5.32 Å². The lowest BCUT2D eigenvalue weighted by molar-refractivity contribution is 0.393. The maximum absolute atomic E-state index is 13.9. The minimum Gasteiger partial charge on any atom is -0.496 e. The minimum atomic E-state index is -0.244. The van der Waals surface area contributed by atoms with Crippen molar-refractivity contribution in [3.63, 3.8) is 0 Å². The Balaban J connectivity index is 2.09. The summed E-state index contributed by atoms with van der Waals surface area (Å²) in [5, 5.41) is 3.31. The zero-order valence-electron chi connectivity index (χ0n) is 10.7. The third-order valence-electron chi connectivity index (χ3n) is 2.88. The predicted octanol–water partition coefficient (Wildman–Crippen LogP) is 4.51. The van der Waals surface area contributed by atoms with E-state index in [-0.39, 0.29) is 11.9 Å². The summed E-state index contributed by atoms with van der Waals surface area (Å²) in [6.45, 7) is 2.64. The fourth-order valence-corrected chi connectivity index (χ4v) is 3.35. The van der Waals surface area contributed by atoms with Crippen LogP contribution in [-0.2, 0) is 6.54 Å². The summed E-state index contributed by atoms with van der Waals surface area (Å²) in [5.41, 5.74) is 0.570. The molecule has 1 heterocycles. The molecule has 19 heavy (non-hydrogen) atoms. The number of hydrogen-bond donors (Lipinski definition) is 1. The molecule has 0 saturated heterocycles. The van der Waals surface area contributed by atoms with E-state index >= 15 is 0 Å². The highest BCUT2D eigenvalue weighted by Gasteiger charge is 2.16. The van der Waals surface area contributed by atoms with Gasteiger partial charge in [-0.2, -0.15) is 0 Å². The zero-order valence-corrected chi connectivity index (χ0v) is 13.1. The van der Waals surface area contributed by atoms with Crippen LogP contribution in [0, 0.1) is 5.82 Å². The van der Waals surface area contributed by atoms with E-state index < -0.39 is 0 Å². The maximum atomic E-state index is 13.9. The number of hydrogen-bond acceptors (Lipinski definition) is 3. The number of halogens is 2. The van der Waals surface area contributed by atoms with Crippen LogP contribution >= 0.6 is 27.3 Å².